The molecule has 2 N–H and O–H groups in total. The summed E-state index contributed by atoms with van der Waals surface area (Å²) in [6.07, 6.45) is 5.50. The van der Waals surface area contributed by atoms with E-state index < -0.39 is 5.92 Å². The van der Waals surface area contributed by atoms with E-state index in [9.17, 15) is 15.3 Å². The summed E-state index contributed by atoms with van der Waals surface area (Å²) in [4.78, 5) is 13.0. The van der Waals surface area contributed by atoms with Gasteiger partial charge in [-0.1, -0.05) is 0 Å². The zero-order valence-corrected chi connectivity index (χ0v) is 16.1. The molecule has 1 atom stereocenters. The number of thiazole rings is 1. The van der Waals surface area contributed by atoms with Crippen molar-refractivity contribution >= 4 is 28.8 Å². The van der Waals surface area contributed by atoms with E-state index in [1.165, 1.54) is 15.9 Å². The molecule has 0 fully saturated rings. The minimum atomic E-state index is -0.601. The molecule has 1 aliphatic heterocycles. The summed E-state index contributed by atoms with van der Waals surface area (Å²) in [6.45, 7) is 0. The van der Waals surface area contributed by atoms with Crippen LogP contribution in [0.25, 0.3) is 17.5 Å². The van der Waals surface area contributed by atoms with Crippen LogP contribution in [0.1, 0.15) is 17.3 Å². The van der Waals surface area contributed by atoms with Gasteiger partial charge < -0.3 is 14.9 Å². The molecule has 0 saturated carbocycles. The van der Waals surface area contributed by atoms with Crippen molar-refractivity contribution < 1.29 is 0 Å². The Morgan fingerprint density at radius 3 is 2.36 bits per heavy atom. The maximum Gasteiger partial charge on any atom is 0.274 e. The lowest BCUT2D eigenvalue weighted by Gasteiger charge is -2.22. The molecule has 1 unspecified atom stereocenters. The fraction of sp³-hybridized carbons (Fsp3) is 0.150. The maximum absolute atomic E-state index is 13.0. The second kappa shape index (κ2) is 6.45. The Bertz CT molecular complexity index is 1400. The van der Waals surface area contributed by atoms with Crippen molar-refractivity contribution in [3.05, 3.63) is 73.2 Å². The first kappa shape index (κ1) is 17.7. The zero-order chi connectivity index (χ0) is 20.0. The second-order valence-corrected chi connectivity index (χ2v) is 7.54. The molecule has 138 valence electrons. The summed E-state index contributed by atoms with van der Waals surface area (Å²) in [5.41, 5.74) is 8.11. The van der Waals surface area contributed by atoms with E-state index >= 15 is 0 Å². The first-order valence-electron chi connectivity index (χ1n) is 8.48. The van der Waals surface area contributed by atoms with Crippen molar-refractivity contribution in [1.29, 1.82) is 10.5 Å². The van der Waals surface area contributed by atoms with Crippen LogP contribution in [-0.4, -0.2) is 13.7 Å². The van der Waals surface area contributed by atoms with E-state index in [0.717, 1.165) is 11.4 Å². The van der Waals surface area contributed by atoms with Crippen LogP contribution >= 0.6 is 11.3 Å². The summed E-state index contributed by atoms with van der Waals surface area (Å²) in [5, 5.41) is 19.7. The molecule has 4 rings (SSSR count). The average molecular weight is 388 g/mol. The highest BCUT2D eigenvalue weighted by Gasteiger charge is 2.33. The molecule has 7 nitrogen and oxygen atoms in total. The monoisotopic (exact) mass is 388 g/mol. The van der Waals surface area contributed by atoms with Gasteiger partial charge in [0.05, 0.1) is 33.7 Å². The van der Waals surface area contributed by atoms with Gasteiger partial charge in [0, 0.05) is 37.9 Å². The molecule has 28 heavy (non-hydrogen) atoms. The predicted molar refractivity (Wildman–Crippen MR) is 107 cm³/mol. The van der Waals surface area contributed by atoms with Gasteiger partial charge in [-0.25, -0.2) is 0 Å². The molecule has 0 bridgehead atoms. The van der Waals surface area contributed by atoms with Gasteiger partial charge in [0.1, 0.15) is 10.5 Å². The fourth-order valence-corrected chi connectivity index (χ4v) is 4.59. The number of allylic oxidation sites excluding steroid dienone is 1. The van der Waals surface area contributed by atoms with Crippen molar-refractivity contribution in [3.63, 3.8) is 0 Å². The Hall–Kier alpha value is -3.75. The Morgan fingerprint density at radius 1 is 1.11 bits per heavy atom. The van der Waals surface area contributed by atoms with Gasteiger partial charge in [0.15, 0.2) is 0 Å². The molecular weight excluding hydrogens is 372 g/mol. The van der Waals surface area contributed by atoms with Crippen LogP contribution in [0.3, 0.4) is 0 Å². The van der Waals surface area contributed by atoms with E-state index in [1.807, 2.05) is 59.9 Å². The molecule has 4 heterocycles. The van der Waals surface area contributed by atoms with Crippen molar-refractivity contribution in [2.45, 2.75) is 5.92 Å². The third-order valence-corrected chi connectivity index (χ3v) is 6.04. The summed E-state index contributed by atoms with van der Waals surface area (Å²) < 4.78 is 5.96. The number of fused-ring (bicyclic) bond motifs is 1. The van der Waals surface area contributed by atoms with Crippen LogP contribution < -0.4 is 20.5 Å². The van der Waals surface area contributed by atoms with Crippen molar-refractivity contribution in [3.8, 4) is 12.1 Å². The van der Waals surface area contributed by atoms with Gasteiger partial charge in [0.25, 0.3) is 5.56 Å². The lowest BCUT2D eigenvalue weighted by molar-refractivity contribution is 0.799. The largest absolute Gasteiger partial charge is 0.384 e. The average Bonchev–Trinajstić information content (AvgIpc) is 3.36. The molecule has 0 aromatic carbocycles. The van der Waals surface area contributed by atoms with E-state index in [0.29, 0.717) is 14.8 Å². The molecule has 1 aliphatic rings. The third kappa shape index (κ3) is 2.43. The van der Waals surface area contributed by atoms with Crippen LogP contribution in [0.5, 0.6) is 0 Å². The van der Waals surface area contributed by atoms with Crippen LogP contribution in [0.2, 0.25) is 0 Å². The number of nitrogens with zero attached hydrogens (tertiary/aromatic N) is 5. The number of rotatable bonds is 2. The lowest BCUT2D eigenvalue weighted by atomic mass is 9.88. The summed E-state index contributed by atoms with van der Waals surface area (Å²) in [7, 11) is 3.73. The second-order valence-electron chi connectivity index (χ2n) is 6.51. The summed E-state index contributed by atoms with van der Waals surface area (Å²) in [5.74, 6) is -0.522. The quantitative estimate of drug-likeness (QED) is 0.691. The van der Waals surface area contributed by atoms with Gasteiger partial charge in [-0.2, -0.15) is 10.5 Å². The van der Waals surface area contributed by atoms with Crippen LogP contribution in [0.15, 0.2) is 47.0 Å². The number of aromatic nitrogens is 3. The fourth-order valence-electron chi connectivity index (χ4n) is 3.48. The zero-order valence-electron chi connectivity index (χ0n) is 15.2. The third-order valence-electron chi connectivity index (χ3n) is 4.93. The number of nitrogens with two attached hydrogens (primary N) is 1. The summed E-state index contributed by atoms with van der Waals surface area (Å²) in [6, 6.07) is 11.8. The molecular formula is C20H16N6OS. The molecule has 0 aliphatic carbocycles. The molecule has 3 aromatic heterocycles. The number of aryl methyl sites for hydroxylation is 2. The highest BCUT2D eigenvalue weighted by molar-refractivity contribution is 7.07. The Labute approximate surface area is 164 Å². The highest BCUT2D eigenvalue weighted by atomic mass is 32.1. The molecule has 0 saturated heterocycles. The Balaban J connectivity index is 2.11. The lowest BCUT2D eigenvalue weighted by Crippen LogP contribution is -2.38. The Morgan fingerprint density at radius 2 is 1.79 bits per heavy atom. The van der Waals surface area contributed by atoms with Crippen LogP contribution in [0.4, 0.5) is 0 Å². The van der Waals surface area contributed by atoms with Gasteiger partial charge in [-0.05, 0) is 30.3 Å². The van der Waals surface area contributed by atoms with E-state index in [-0.39, 0.29) is 17.0 Å². The topological polar surface area (TPSA) is 105 Å². The van der Waals surface area contributed by atoms with Gasteiger partial charge in [0.2, 0.25) is 0 Å². The number of hydrogen-bond donors (Lipinski definition) is 1. The maximum atomic E-state index is 13.0. The van der Waals surface area contributed by atoms with Gasteiger partial charge in [-0.3, -0.25) is 9.36 Å². The first-order valence-corrected chi connectivity index (χ1v) is 9.30. The number of nitriles is 2. The molecule has 0 spiro atoms. The van der Waals surface area contributed by atoms with E-state index in [1.54, 1.807) is 6.08 Å². The van der Waals surface area contributed by atoms with Gasteiger partial charge >= 0.3 is 0 Å². The number of hydrogen-bond acceptors (Lipinski definition) is 5. The minimum absolute atomic E-state index is 0.0791. The predicted octanol–water partition coefficient (Wildman–Crippen LogP) is 0.538. The molecule has 0 amide bonds. The van der Waals surface area contributed by atoms with Crippen molar-refractivity contribution in [2.24, 2.45) is 19.8 Å². The molecule has 8 heteroatoms. The first-order chi connectivity index (χ1) is 13.5. The summed E-state index contributed by atoms with van der Waals surface area (Å²) >= 11 is 1.21. The van der Waals surface area contributed by atoms with Crippen molar-refractivity contribution in [1.82, 2.24) is 13.7 Å². The SMILES string of the molecule is Cn1cccc1/C=c1\sc2n(c1=O)C(N)=C(C#N)C(c1cccn1C)C=2C#N. The Kier molecular flexibility index (Phi) is 4.07. The molecule has 0 radical (unpaired) electrons. The minimum Gasteiger partial charge on any atom is -0.384 e. The smallest absolute Gasteiger partial charge is 0.274 e. The van der Waals surface area contributed by atoms with Gasteiger partial charge in [-0.15, -0.1) is 11.3 Å². The normalized spacial score (nSPS) is 16.8. The van der Waals surface area contributed by atoms with Crippen LogP contribution in [0, 0.1) is 22.7 Å². The van der Waals surface area contributed by atoms with E-state index in [4.69, 9.17) is 5.73 Å². The standard InChI is InChI=1S/C20H16N6OS/c1-24-7-3-5-12(24)9-16-19(27)26-18(23)13(10-21)17(14(11-22)20(26)28-16)15-6-4-8-25(15)2/h3-9,17H,23H2,1-2H3/b16-9-. The van der Waals surface area contributed by atoms with Crippen molar-refractivity contribution in [2.75, 3.05) is 0 Å². The van der Waals surface area contributed by atoms with E-state index in [2.05, 4.69) is 12.1 Å². The van der Waals surface area contributed by atoms with Crippen LogP contribution in [-0.2, 0) is 14.1 Å². The molecule has 3 aromatic rings. The highest BCUT2D eigenvalue weighted by Crippen LogP contribution is 2.35.